The Hall–Kier alpha value is -1.10. The van der Waals surface area contributed by atoms with E-state index in [2.05, 4.69) is 11.0 Å². The van der Waals surface area contributed by atoms with E-state index >= 15 is 0 Å². The minimum Gasteiger partial charge on any atom is -0.354 e. The minimum absolute atomic E-state index is 0.185. The van der Waals surface area contributed by atoms with Crippen LogP contribution in [-0.4, -0.2) is 47.2 Å². The number of rotatable bonds is 2. The molecule has 4 rings (SSSR count). The molecule has 3 saturated heterocycles. The standard InChI is InChI=1S/C16H19ClN2O2/c17-13-4-1-3-12(9-13)11-18-7-5-16-14(18)10-15(20)19(16)6-2-8-21-16/h1,3-4,9,14H,2,5-8,10-11H2/t14-,16+/m1/s1. The second kappa shape index (κ2) is 4.97. The number of halogens is 1. The average Bonchev–Trinajstić information content (AvgIpc) is 2.94. The minimum atomic E-state index is -0.353. The molecule has 112 valence electrons. The van der Waals surface area contributed by atoms with Crippen LogP contribution in [0.4, 0.5) is 0 Å². The van der Waals surface area contributed by atoms with Gasteiger partial charge in [-0.3, -0.25) is 9.69 Å². The summed E-state index contributed by atoms with van der Waals surface area (Å²) in [6.45, 7) is 3.42. The van der Waals surface area contributed by atoms with Gasteiger partial charge < -0.3 is 9.64 Å². The number of benzene rings is 1. The predicted molar refractivity (Wildman–Crippen MR) is 79.9 cm³/mol. The van der Waals surface area contributed by atoms with Crippen molar-refractivity contribution in [3.63, 3.8) is 0 Å². The lowest BCUT2D eigenvalue weighted by atomic mass is 10.0. The molecule has 4 nitrogen and oxygen atoms in total. The van der Waals surface area contributed by atoms with Gasteiger partial charge in [-0.1, -0.05) is 23.7 Å². The number of nitrogens with zero attached hydrogens (tertiary/aromatic N) is 2. The number of likely N-dealkylation sites (tertiary alicyclic amines) is 1. The summed E-state index contributed by atoms with van der Waals surface area (Å²) in [5, 5.41) is 0.763. The fourth-order valence-corrected chi connectivity index (χ4v) is 4.31. The lowest BCUT2D eigenvalue weighted by Crippen LogP contribution is -2.56. The Morgan fingerprint density at radius 3 is 3.14 bits per heavy atom. The lowest BCUT2D eigenvalue weighted by Gasteiger charge is -2.42. The van der Waals surface area contributed by atoms with Gasteiger partial charge in [0.1, 0.15) is 0 Å². The van der Waals surface area contributed by atoms with Crippen LogP contribution in [0.25, 0.3) is 0 Å². The number of ether oxygens (including phenoxy) is 1. The third kappa shape index (κ3) is 2.08. The molecule has 1 aromatic carbocycles. The molecule has 3 aliphatic heterocycles. The molecule has 0 saturated carbocycles. The molecule has 3 aliphatic rings. The third-order valence-electron chi connectivity index (χ3n) is 5.00. The van der Waals surface area contributed by atoms with Gasteiger partial charge in [-0.2, -0.15) is 0 Å². The molecule has 1 spiro atoms. The van der Waals surface area contributed by atoms with Crippen molar-refractivity contribution in [1.82, 2.24) is 9.80 Å². The Balaban J connectivity index is 1.58. The van der Waals surface area contributed by atoms with E-state index in [4.69, 9.17) is 16.3 Å². The maximum Gasteiger partial charge on any atom is 0.226 e. The highest BCUT2D eigenvalue weighted by atomic mass is 35.5. The third-order valence-corrected chi connectivity index (χ3v) is 5.23. The van der Waals surface area contributed by atoms with Crippen molar-refractivity contribution < 1.29 is 9.53 Å². The van der Waals surface area contributed by atoms with Gasteiger partial charge in [-0.05, 0) is 24.1 Å². The van der Waals surface area contributed by atoms with E-state index in [1.54, 1.807) is 0 Å². The monoisotopic (exact) mass is 306 g/mol. The van der Waals surface area contributed by atoms with Crippen LogP contribution in [-0.2, 0) is 16.1 Å². The van der Waals surface area contributed by atoms with Crippen LogP contribution in [0.2, 0.25) is 5.02 Å². The number of hydrogen-bond donors (Lipinski definition) is 0. The topological polar surface area (TPSA) is 32.8 Å². The Labute approximate surface area is 129 Å². The molecular weight excluding hydrogens is 288 g/mol. The Morgan fingerprint density at radius 2 is 2.29 bits per heavy atom. The molecule has 1 aromatic rings. The van der Waals surface area contributed by atoms with Gasteiger partial charge >= 0.3 is 0 Å². The normalized spacial score (nSPS) is 32.3. The Bertz CT molecular complexity index is 579. The van der Waals surface area contributed by atoms with Crippen molar-refractivity contribution >= 4 is 17.5 Å². The fourth-order valence-electron chi connectivity index (χ4n) is 4.09. The summed E-state index contributed by atoms with van der Waals surface area (Å²) in [5.74, 6) is 0.246. The first-order valence-corrected chi connectivity index (χ1v) is 8.00. The van der Waals surface area contributed by atoms with E-state index in [9.17, 15) is 4.79 Å². The number of hydrogen-bond acceptors (Lipinski definition) is 3. The molecule has 0 aliphatic carbocycles. The zero-order valence-electron chi connectivity index (χ0n) is 11.9. The van der Waals surface area contributed by atoms with Gasteiger partial charge in [0, 0.05) is 37.5 Å². The van der Waals surface area contributed by atoms with Crippen molar-refractivity contribution in [1.29, 1.82) is 0 Å². The van der Waals surface area contributed by atoms with E-state index in [-0.39, 0.29) is 17.7 Å². The zero-order chi connectivity index (χ0) is 14.4. The van der Waals surface area contributed by atoms with Gasteiger partial charge in [-0.15, -0.1) is 0 Å². The smallest absolute Gasteiger partial charge is 0.226 e. The van der Waals surface area contributed by atoms with Crippen LogP contribution in [0.1, 0.15) is 24.8 Å². The number of carbonyl (C=O) groups is 1. The van der Waals surface area contributed by atoms with Crippen LogP contribution in [0.15, 0.2) is 24.3 Å². The molecular formula is C16H19ClN2O2. The van der Waals surface area contributed by atoms with Crippen molar-refractivity contribution in [2.24, 2.45) is 0 Å². The molecule has 5 heteroatoms. The fraction of sp³-hybridized carbons (Fsp3) is 0.562. The van der Waals surface area contributed by atoms with E-state index < -0.39 is 0 Å². The lowest BCUT2D eigenvalue weighted by molar-refractivity contribution is -0.180. The van der Waals surface area contributed by atoms with E-state index in [0.717, 1.165) is 44.1 Å². The first-order valence-electron chi connectivity index (χ1n) is 7.62. The van der Waals surface area contributed by atoms with Crippen molar-refractivity contribution in [2.45, 2.75) is 37.6 Å². The molecule has 0 bridgehead atoms. The summed E-state index contributed by atoms with van der Waals surface area (Å²) in [5.41, 5.74) is 0.842. The molecule has 3 fully saturated rings. The molecule has 3 heterocycles. The highest BCUT2D eigenvalue weighted by molar-refractivity contribution is 6.30. The molecule has 0 radical (unpaired) electrons. The summed E-state index contributed by atoms with van der Waals surface area (Å²) in [4.78, 5) is 16.6. The van der Waals surface area contributed by atoms with Crippen LogP contribution in [0.5, 0.6) is 0 Å². The molecule has 0 aromatic heterocycles. The van der Waals surface area contributed by atoms with Crippen LogP contribution in [0.3, 0.4) is 0 Å². The largest absolute Gasteiger partial charge is 0.354 e. The SMILES string of the molecule is O=C1C[C@H]2N(Cc3cccc(Cl)c3)CC[C@]23OCCCN13. The van der Waals surface area contributed by atoms with Crippen LogP contribution >= 0.6 is 11.6 Å². The van der Waals surface area contributed by atoms with Crippen LogP contribution in [0, 0.1) is 0 Å². The Morgan fingerprint density at radius 1 is 1.38 bits per heavy atom. The predicted octanol–water partition coefficient (Wildman–Crippen LogP) is 2.26. The molecule has 0 N–H and O–H groups in total. The van der Waals surface area contributed by atoms with E-state index in [1.807, 2.05) is 23.1 Å². The zero-order valence-corrected chi connectivity index (χ0v) is 12.7. The quantitative estimate of drug-likeness (QED) is 0.840. The molecule has 0 unspecified atom stereocenters. The second-order valence-corrected chi connectivity index (χ2v) is 6.60. The first-order chi connectivity index (χ1) is 10.2. The summed E-state index contributed by atoms with van der Waals surface area (Å²) >= 11 is 6.07. The highest BCUT2D eigenvalue weighted by Crippen LogP contribution is 2.45. The molecule has 2 atom stereocenters. The van der Waals surface area contributed by atoms with Gasteiger partial charge in [0.15, 0.2) is 5.72 Å². The molecule has 21 heavy (non-hydrogen) atoms. The maximum atomic E-state index is 12.3. The van der Waals surface area contributed by atoms with Gasteiger partial charge in [-0.25, -0.2) is 0 Å². The summed E-state index contributed by atoms with van der Waals surface area (Å²) in [6, 6.07) is 8.15. The summed E-state index contributed by atoms with van der Waals surface area (Å²) < 4.78 is 6.11. The van der Waals surface area contributed by atoms with Crippen molar-refractivity contribution in [2.75, 3.05) is 19.7 Å². The van der Waals surface area contributed by atoms with Gasteiger partial charge in [0.2, 0.25) is 5.91 Å². The van der Waals surface area contributed by atoms with E-state index in [0.29, 0.717) is 6.42 Å². The van der Waals surface area contributed by atoms with Crippen LogP contribution < -0.4 is 0 Å². The van der Waals surface area contributed by atoms with Gasteiger partial charge in [0.25, 0.3) is 0 Å². The summed E-state index contributed by atoms with van der Waals surface area (Å²) in [7, 11) is 0. The first kappa shape index (κ1) is 13.6. The maximum absolute atomic E-state index is 12.3. The number of amides is 1. The number of carbonyl (C=O) groups excluding carboxylic acids is 1. The highest BCUT2D eigenvalue weighted by Gasteiger charge is 2.60. The van der Waals surface area contributed by atoms with Gasteiger partial charge in [0.05, 0.1) is 12.6 Å². The Kier molecular flexibility index (Phi) is 3.21. The van der Waals surface area contributed by atoms with Crippen molar-refractivity contribution in [3.05, 3.63) is 34.9 Å². The van der Waals surface area contributed by atoms with E-state index in [1.165, 1.54) is 5.56 Å². The van der Waals surface area contributed by atoms with Crippen molar-refractivity contribution in [3.8, 4) is 0 Å². The second-order valence-electron chi connectivity index (χ2n) is 6.16. The summed E-state index contributed by atoms with van der Waals surface area (Å²) in [6.07, 6.45) is 2.46. The average molecular weight is 307 g/mol. The molecule has 1 amide bonds.